The molecule has 1 aromatic rings. The highest BCUT2D eigenvalue weighted by Crippen LogP contribution is 2.03. The number of carbonyl (C=O) groups excluding carboxylic acids is 1. The van der Waals surface area contributed by atoms with Crippen molar-refractivity contribution in [2.75, 3.05) is 13.1 Å². The lowest BCUT2D eigenvalue weighted by molar-refractivity contribution is 0.0991. The average Bonchev–Trinajstić information content (AvgIpc) is 2.29. The number of ketones is 1. The van der Waals surface area contributed by atoms with Gasteiger partial charge in [0.05, 0.1) is 6.54 Å². The summed E-state index contributed by atoms with van der Waals surface area (Å²) >= 11 is 0. The summed E-state index contributed by atoms with van der Waals surface area (Å²) < 4.78 is 12.6. The topological polar surface area (TPSA) is 29.1 Å². The largest absolute Gasteiger partial charge is 0.310 e. The van der Waals surface area contributed by atoms with E-state index in [0.717, 1.165) is 13.0 Å². The first-order valence-corrected chi connectivity index (χ1v) is 5.73. The first kappa shape index (κ1) is 12.8. The number of hydrogen-bond donors (Lipinski definition) is 1. The van der Waals surface area contributed by atoms with Gasteiger partial charge < -0.3 is 5.32 Å². The Balaban J connectivity index is 2.27. The molecule has 0 aliphatic carbocycles. The molecule has 0 aromatic heterocycles. The van der Waals surface area contributed by atoms with Crippen LogP contribution in [-0.2, 0) is 0 Å². The molecule has 88 valence electrons. The Hall–Kier alpha value is -1.22. The van der Waals surface area contributed by atoms with Gasteiger partial charge in [-0.25, -0.2) is 4.39 Å². The molecule has 0 amide bonds. The minimum Gasteiger partial charge on any atom is -0.310 e. The lowest BCUT2D eigenvalue weighted by Gasteiger charge is -2.03. The van der Waals surface area contributed by atoms with Crippen molar-refractivity contribution in [3.05, 3.63) is 35.6 Å². The molecule has 0 spiro atoms. The second-order valence-electron chi connectivity index (χ2n) is 3.81. The molecule has 2 nitrogen and oxygen atoms in total. The van der Waals surface area contributed by atoms with Crippen molar-refractivity contribution in [1.29, 1.82) is 0 Å². The maximum absolute atomic E-state index is 12.6. The summed E-state index contributed by atoms with van der Waals surface area (Å²) in [6.07, 6.45) is 3.44. The van der Waals surface area contributed by atoms with Gasteiger partial charge in [-0.1, -0.05) is 19.8 Å². The Bertz CT molecular complexity index is 321. The second-order valence-corrected chi connectivity index (χ2v) is 3.81. The molecule has 16 heavy (non-hydrogen) atoms. The van der Waals surface area contributed by atoms with Crippen molar-refractivity contribution in [1.82, 2.24) is 5.32 Å². The van der Waals surface area contributed by atoms with E-state index in [1.165, 1.54) is 37.1 Å². The Morgan fingerprint density at radius 1 is 1.25 bits per heavy atom. The third kappa shape index (κ3) is 4.53. The van der Waals surface area contributed by atoms with Crippen molar-refractivity contribution >= 4 is 5.78 Å². The minimum atomic E-state index is -0.313. The molecule has 0 atom stereocenters. The number of rotatable bonds is 7. The fourth-order valence-corrected chi connectivity index (χ4v) is 1.44. The molecule has 0 aliphatic rings. The summed E-state index contributed by atoms with van der Waals surface area (Å²) in [5.74, 6) is -0.302. The van der Waals surface area contributed by atoms with E-state index in [-0.39, 0.29) is 11.6 Å². The minimum absolute atomic E-state index is 0.0106. The average molecular weight is 223 g/mol. The van der Waals surface area contributed by atoms with Crippen molar-refractivity contribution < 1.29 is 9.18 Å². The molecule has 0 unspecified atom stereocenters. The monoisotopic (exact) mass is 223 g/mol. The van der Waals surface area contributed by atoms with Crippen LogP contribution in [0.25, 0.3) is 0 Å². The third-order valence-corrected chi connectivity index (χ3v) is 2.41. The predicted molar refractivity (Wildman–Crippen MR) is 63.1 cm³/mol. The SMILES string of the molecule is CCCCCNCC(=O)c1ccc(F)cc1. The van der Waals surface area contributed by atoms with Gasteiger partial charge in [0.15, 0.2) is 5.78 Å². The van der Waals surface area contributed by atoms with Crippen LogP contribution >= 0.6 is 0 Å². The molecule has 3 heteroatoms. The summed E-state index contributed by atoms with van der Waals surface area (Å²) in [7, 11) is 0. The van der Waals surface area contributed by atoms with Gasteiger partial charge >= 0.3 is 0 Å². The van der Waals surface area contributed by atoms with Crippen LogP contribution in [0.2, 0.25) is 0 Å². The number of Topliss-reactive ketones (excluding diaryl/α,β-unsaturated/α-hetero) is 1. The summed E-state index contributed by atoms with van der Waals surface area (Å²) in [6.45, 7) is 3.33. The molecular formula is C13H18FNO. The smallest absolute Gasteiger partial charge is 0.176 e. The molecular weight excluding hydrogens is 205 g/mol. The second kappa shape index (κ2) is 7.12. The highest BCUT2D eigenvalue weighted by atomic mass is 19.1. The summed E-state index contributed by atoms with van der Waals surface area (Å²) in [4.78, 5) is 11.6. The maximum atomic E-state index is 12.6. The molecule has 0 saturated heterocycles. The summed E-state index contributed by atoms with van der Waals surface area (Å²) in [5, 5.41) is 3.09. The van der Waals surface area contributed by atoms with E-state index in [1.807, 2.05) is 0 Å². The Morgan fingerprint density at radius 2 is 1.94 bits per heavy atom. The van der Waals surface area contributed by atoms with Crippen LogP contribution < -0.4 is 5.32 Å². The molecule has 1 rings (SSSR count). The van der Waals surface area contributed by atoms with E-state index in [1.54, 1.807) is 0 Å². The third-order valence-electron chi connectivity index (χ3n) is 2.41. The quantitative estimate of drug-likeness (QED) is 0.569. The van der Waals surface area contributed by atoms with Crippen LogP contribution in [0.4, 0.5) is 4.39 Å². The molecule has 0 heterocycles. The first-order valence-electron chi connectivity index (χ1n) is 5.73. The van der Waals surface area contributed by atoms with Crippen LogP contribution in [0.15, 0.2) is 24.3 Å². The molecule has 0 bridgehead atoms. The fourth-order valence-electron chi connectivity index (χ4n) is 1.44. The number of unbranched alkanes of at least 4 members (excludes halogenated alkanes) is 2. The van der Waals surface area contributed by atoms with Crippen molar-refractivity contribution in [3.63, 3.8) is 0 Å². The van der Waals surface area contributed by atoms with Gasteiger partial charge in [-0.05, 0) is 37.2 Å². The Labute approximate surface area is 95.9 Å². The predicted octanol–water partition coefficient (Wildman–Crippen LogP) is 2.79. The van der Waals surface area contributed by atoms with E-state index in [0.29, 0.717) is 12.1 Å². The zero-order valence-corrected chi connectivity index (χ0v) is 9.63. The zero-order valence-electron chi connectivity index (χ0n) is 9.63. The lowest BCUT2D eigenvalue weighted by atomic mass is 10.1. The van der Waals surface area contributed by atoms with Gasteiger partial charge in [-0.2, -0.15) is 0 Å². The first-order chi connectivity index (χ1) is 7.74. The highest BCUT2D eigenvalue weighted by molar-refractivity contribution is 5.97. The van der Waals surface area contributed by atoms with E-state index in [4.69, 9.17) is 0 Å². The fraction of sp³-hybridized carbons (Fsp3) is 0.462. The van der Waals surface area contributed by atoms with Crippen LogP contribution in [0, 0.1) is 5.82 Å². The Morgan fingerprint density at radius 3 is 2.56 bits per heavy atom. The van der Waals surface area contributed by atoms with Crippen LogP contribution in [0.3, 0.4) is 0 Å². The van der Waals surface area contributed by atoms with Gasteiger partial charge in [0.25, 0.3) is 0 Å². The molecule has 0 aliphatic heterocycles. The lowest BCUT2D eigenvalue weighted by Crippen LogP contribution is -2.24. The molecule has 1 N–H and O–H groups in total. The van der Waals surface area contributed by atoms with Gasteiger partial charge in [0.2, 0.25) is 0 Å². The normalized spacial score (nSPS) is 10.4. The van der Waals surface area contributed by atoms with E-state index >= 15 is 0 Å². The van der Waals surface area contributed by atoms with Gasteiger partial charge in [-0.3, -0.25) is 4.79 Å². The van der Waals surface area contributed by atoms with Crippen LogP contribution in [0.1, 0.15) is 36.5 Å². The molecule has 1 aromatic carbocycles. The van der Waals surface area contributed by atoms with Crippen molar-refractivity contribution in [3.8, 4) is 0 Å². The zero-order chi connectivity index (χ0) is 11.8. The number of hydrogen-bond acceptors (Lipinski definition) is 2. The Kier molecular flexibility index (Phi) is 5.72. The van der Waals surface area contributed by atoms with Crippen molar-refractivity contribution in [2.45, 2.75) is 26.2 Å². The van der Waals surface area contributed by atoms with Crippen LogP contribution in [0.5, 0.6) is 0 Å². The maximum Gasteiger partial charge on any atom is 0.176 e. The molecule has 0 saturated carbocycles. The number of nitrogens with one attached hydrogen (secondary N) is 1. The van der Waals surface area contributed by atoms with E-state index in [2.05, 4.69) is 12.2 Å². The van der Waals surface area contributed by atoms with Gasteiger partial charge in [0.1, 0.15) is 5.82 Å². The van der Waals surface area contributed by atoms with Gasteiger partial charge in [0, 0.05) is 5.56 Å². The number of benzene rings is 1. The number of carbonyl (C=O) groups is 1. The van der Waals surface area contributed by atoms with Crippen LogP contribution in [-0.4, -0.2) is 18.9 Å². The molecule has 0 radical (unpaired) electrons. The standard InChI is InChI=1S/C13H18FNO/c1-2-3-4-9-15-10-13(16)11-5-7-12(14)8-6-11/h5-8,15H,2-4,9-10H2,1H3. The van der Waals surface area contributed by atoms with E-state index in [9.17, 15) is 9.18 Å². The van der Waals surface area contributed by atoms with E-state index < -0.39 is 0 Å². The highest BCUT2D eigenvalue weighted by Gasteiger charge is 2.04. The summed E-state index contributed by atoms with van der Waals surface area (Å²) in [5.41, 5.74) is 0.560. The molecule has 0 fully saturated rings. The van der Waals surface area contributed by atoms with Gasteiger partial charge in [-0.15, -0.1) is 0 Å². The van der Waals surface area contributed by atoms with Crippen molar-refractivity contribution in [2.24, 2.45) is 0 Å². The summed E-state index contributed by atoms with van der Waals surface area (Å²) in [6, 6.07) is 5.66. The number of halogens is 1.